The maximum absolute atomic E-state index is 12.5. The largest absolute Gasteiger partial charge is 0.351 e. The van der Waals surface area contributed by atoms with Crippen molar-refractivity contribution in [3.63, 3.8) is 0 Å². The number of amides is 2. The Morgan fingerprint density at radius 1 is 1.31 bits per heavy atom. The van der Waals surface area contributed by atoms with Gasteiger partial charge in [-0.3, -0.25) is 9.59 Å². The summed E-state index contributed by atoms with van der Waals surface area (Å²) in [4.78, 5) is 25.6. The van der Waals surface area contributed by atoms with E-state index < -0.39 is 9.84 Å². The highest BCUT2D eigenvalue weighted by Crippen LogP contribution is 2.36. The third-order valence-electron chi connectivity index (χ3n) is 3.88. The molecule has 1 aromatic carbocycles. The van der Waals surface area contributed by atoms with Crippen LogP contribution in [0.25, 0.3) is 0 Å². The summed E-state index contributed by atoms with van der Waals surface area (Å²) in [6.45, 7) is 2.19. The fraction of sp³-hybridized carbons (Fsp3) is 0.294. The van der Waals surface area contributed by atoms with Crippen molar-refractivity contribution in [3.05, 3.63) is 40.6 Å². The average Bonchev–Trinajstić information content (AvgIpc) is 3.12. The molecule has 0 bridgehead atoms. The van der Waals surface area contributed by atoms with E-state index in [1.54, 1.807) is 13.0 Å². The molecule has 1 aliphatic heterocycles. The summed E-state index contributed by atoms with van der Waals surface area (Å²) in [6, 6.07) is 8.48. The zero-order valence-electron chi connectivity index (χ0n) is 14.0. The first-order valence-electron chi connectivity index (χ1n) is 7.98. The quantitative estimate of drug-likeness (QED) is 0.764. The lowest BCUT2D eigenvalue weighted by Crippen LogP contribution is -2.27. The smallest absolute Gasteiger partial charge is 0.237 e. The highest BCUT2D eigenvalue weighted by Gasteiger charge is 2.25. The summed E-state index contributed by atoms with van der Waals surface area (Å²) < 4.78 is 25.0. The van der Waals surface area contributed by atoms with Gasteiger partial charge in [0.25, 0.3) is 0 Å². The molecule has 2 aromatic rings. The van der Waals surface area contributed by atoms with Crippen molar-refractivity contribution in [1.29, 1.82) is 0 Å². The van der Waals surface area contributed by atoms with Crippen LogP contribution in [-0.4, -0.2) is 31.2 Å². The van der Waals surface area contributed by atoms with Crippen LogP contribution in [0.3, 0.4) is 0 Å². The Kier molecular flexibility index (Phi) is 5.69. The van der Waals surface area contributed by atoms with Crippen molar-refractivity contribution in [2.75, 3.05) is 11.1 Å². The summed E-state index contributed by atoms with van der Waals surface area (Å²) in [5.74, 6) is -0.734. The Morgan fingerprint density at radius 2 is 2.12 bits per heavy atom. The molecule has 0 unspecified atom stereocenters. The third-order valence-corrected chi connectivity index (χ3v) is 7.65. The van der Waals surface area contributed by atoms with Crippen molar-refractivity contribution >= 4 is 50.4 Å². The third kappa shape index (κ3) is 4.46. The minimum atomic E-state index is -3.61. The highest BCUT2D eigenvalue weighted by molar-refractivity contribution is 8.01. The fourth-order valence-electron chi connectivity index (χ4n) is 2.41. The average molecular weight is 411 g/mol. The number of thiophene rings is 1. The van der Waals surface area contributed by atoms with Crippen LogP contribution < -0.4 is 10.6 Å². The molecule has 26 heavy (non-hydrogen) atoms. The summed E-state index contributed by atoms with van der Waals surface area (Å²) in [5.41, 5.74) is 0.501. The van der Waals surface area contributed by atoms with Crippen molar-refractivity contribution in [3.8, 4) is 0 Å². The number of fused-ring (bicyclic) bond motifs is 1. The van der Waals surface area contributed by atoms with Gasteiger partial charge in [-0.05, 0) is 36.6 Å². The first-order valence-corrected chi connectivity index (χ1v) is 11.4. The second kappa shape index (κ2) is 7.81. The molecule has 0 radical (unpaired) electrons. The normalized spacial score (nSPS) is 16.7. The Balaban J connectivity index is 1.62. The predicted molar refractivity (Wildman–Crippen MR) is 103 cm³/mol. The van der Waals surface area contributed by atoms with E-state index in [4.69, 9.17) is 0 Å². The van der Waals surface area contributed by atoms with Crippen LogP contribution in [-0.2, 0) is 26.0 Å². The van der Waals surface area contributed by atoms with Crippen molar-refractivity contribution < 1.29 is 18.0 Å². The zero-order valence-corrected chi connectivity index (χ0v) is 16.5. The van der Waals surface area contributed by atoms with Crippen molar-refractivity contribution in [2.45, 2.75) is 34.9 Å². The molecule has 138 valence electrons. The van der Waals surface area contributed by atoms with Crippen LogP contribution in [0.2, 0.25) is 0 Å². The Labute approximate surface area is 160 Å². The van der Waals surface area contributed by atoms with E-state index in [1.165, 1.54) is 35.2 Å². The first kappa shape index (κ1) is 18.9. The topological polar surface area (TPSA) is 92.3 Å². The van der Waals surface area contributed by atoms with Gasteiger partial charge in [0.15, 0.2) is 9.84 Å². The van der Waals surface area contributed by atoms with Crippen molar-refractivity contribution in [1.82, 2.24) is 5.32 Å². The molecule has 2 heterocycles. The van der Waals surface area contributed by atoms with E-state index in [-0.39, 0.29) is 34.1 Å². The number of thioether (sulfide) groups is 1. The van der Waals surface area contributed by atoms with E-state index >= 15 is 0 Å². The Bertz CT molecular complexity index is 923. The number of benzene rings is 1. The van der Waals surface area contributed by atoms with Gasteiger partial charge in [0.05, 0.1) is 28.1 Å². The van der Waals surface area contributed by atoms with Gasteiger partial charge in [-0.25, -0.2) is 8.42 Å². The van der Waals surface area contributed by atoms with Gasteiger partial charge in [0, 0.05) is 16.2 Å². The summed E-state index contributed by atoms with van der Waals surface area (Å²) in [5, 5.41) is 7.14. The summed E-state index contributed by atoms with van der Waals surface area (Å²) in [7, 11) is -3.61. The van der Waals surface area contributed by atoms with Gasteiger partial charge in [0.1, 0.15) is 0 Å². The fourth-order valence-corrected chi connectivity index (χ4v) is 5.25. The zero-order chi connectivity index (χ0) is 18.7. The lowest BCUT2D eigenvalue weighted by atomic mass is 10.3. The van der Waals surface area contributed by atoms with E-state index in [2.05, 4.69) is 10.6 Å². The number of rotatable bonds is 6. The SMILES string of the molecule is C[C@@H]1Sc2ccc(S(=O)(=O)CCC(=O)NCc3cccs3)cc2NC1=O. The molecule has 2 N–H and O–H groups in total. The first-order chi connectivity index (χ1) is 12.3. The van der Waals surface area contributed by atoms with Crippen molar-refractivity contribution in [2.24, 2.45) is 0 Å². The number of sulfone groups is 1. The molecular formula is C17H18N2O4S3. The number of hydrogen-bond acceptors (Lipinski definition) is 6. The van der Waals surface area contributed by atoms with Crippen LogP contribution in [0, 0.1) is 0 Å². The number of hydrogen-bond donors (Lipinski definition) is 2. The van der Waals surface area contributed by atoms with Crippen LogP contribution >= 0.6 is 23.1 Å². The molecule has 0 spiro atoms. The standard InChI is InChI=1S/C17H18N2O4S3/c1-11-17(21)19-14-9-13(4-5-15(14)25-11)26(22,23)8-6-16(20)18-10-12-3-2-7-24-12/h2-5,7,9,11H,6,8,10H2,1H3,(H,18,20)(H,19,21)/t11-/m0/s1. The lowest BCUT2D eigenvalue weighted by Gasteiger charge is -2.21. The molecule has 9 heteroatoms. The van der Waals surface area contributed by atoms with Gasteiger partial charge in [0.2, 0.25) is 11.8 Å². The maximum Gasteiger partial charge on any atom is 0.237 e. The summed E-state index contributed by atoms with van der Waals surface area (Å²) >= 11 is 2.92. The van der Waals surface area contributed by atoms with Gasteiger partial charge >= 0.3 is 0 Å². The molecule has 0 saturated carbocycles. The molecule has 6 nitrogen and oxygen atoms in total. The number of carbonyl (C=O) groups excluding carboxylic acids is 2. The van der Waals surface area contributed by atoms with Crippen LogP contribution in [0.1, 0.15) is 18.2 Å². The molecular weight excluding hydrogens is 392 g/mol. The maximum atomic E-state index is 12.5. The monoisotopic (exact) mass is 410 g/mol. The van der Waals surface area contributed by atoms with Gasteiger partial charge < -0.3 is 10.6 Å². The number of carbonyl (C=O) groups is 2. The molecule has 0 aliphatic carbocycles. The minimum absolute atomic E-state index is 0.108. The van der Waals surface area contributed by atoms with E-state index in [9.17, 15) is 18.0 Å². The molecule has 0 saturated heterocycles. The van der Waals surface area contributed by atoms with Crippen LogP contribution in [0.4, 0.5) is 5.69 Å². The van der Waals surface area contributed by atoms with E-state index in [1.807, 2.05) is 17.5 Å². The lowest BCUT2D eigenvalue weighted by molar-refractivity contribution is -0.120. The minimum Gasteiger partial charge on any atom is -0.351 e. The van der Waals surface area contributed by atoms with E-state index in [0.717, 1.165) is 9.77 Å². The molecule has 0 fully saturated rings. The second-order valence-corrected chi connectivity index (χ2v) is 10.4. The highest BCUT2D eigenvalue weighted by atomic mass is 32.2. The molecule has 1 atom stereocenters. The van der Waals surface area contributed by atoms with Gasteiger partial charge in [-0.2, -0.15) is 0 Å². The van der Waals surface area contributed by atoms with Gasteiger partial charge in [-0.1, -0.05) is 6.07 Å². The summed E-state index contributed by atoms with van der Waals surface area (Å²) in [6.07, 6.45) is -0.108. The molecule has 1 aliphatic rings. The van der Waals surface area contributed by atoms with Gasteiger partial charge in [-0.15, -0.1) is 23.1 Å². The molecule has 2 amide bonds. The number of anilines is 1. The molecule has 1 aromatic heterocycles. The Morgan fingerprint density at radius 3 is 2.85 bits per heavy atom. The predicted octanol–water partition coefficient (Wildman–Crippen LogP) is 2.66. The Hall–Kier alpha value is -1.84. The molecule has 3 rings (SSSR count). The number of nitrogens with one attached hydrogen (secondary N) is 2. The van der Waals surface area contributed by atoms with E-state index in [0.29, 0.717) is 12.2 Å². The van der Waals surface area contributed by atoms with Crippen LogP contribution in [0.5, 0.6) is 0 Å². The van der Waals surface area contributed by atoms with Crippen LogP contribution in [0.15, 0.2) is 45.5 Å². The second-order valence-electron chi connectivity index (χ2n) is 5.83.